The first-order valence-electron chi connectivity index (χ1n) is 10.4. The monoisotopic (exact) mass is 513 g/mol. The SMILES string of the molecule is CNC(=O)C(C)N(Cc1c(Cl)cccc1Cl)C(=O)CCCN(c1ccccc1C)S(C)(=O)=O. The smallest absolute Gasteiger partial charge is 0.242 e. The fraction of sp³-hybridized carbons (Fsp3) is 0.391. The summed E-state index contributed by atoms with van der Waals surface area (Å²) < 4.78 is 26.1. The van der Waals surface area contributed by atoms with E-state index in [1.165, 1.54) is 16.3 Å². The number of carbonyl (C=O) groups excluding carboxylic acids is 2. The van der Waals surface area contributed by atoms with E-state index in [2.05, 4.69) is 5.32 Å². The van der Waals surface area contributed by atoms with Gasteiger partial charge in [-0.05, 0) is 44.0 Å². The van der Waals surface area contributed by atoms with Crippen LogP contribution >= 0.6 is 23.2 Å². The molecule has 0 aromatic heterocycles. The van der Waals surface area contributed by atoms with Gasteiger partial charge < -0.3 is 10.2 Å². The van der Waals surface area contributed by atoms with E-state index in [4.69, 9.17) is 23.2 Å². The van der Waals surface area contributed by atoms with E-state index in [0.29, 0.717) is 21.3 Å². The molecule has 33 heavy (non-hydrogen) atoms. The topological polar surface area (TPSA) is 86.8 Å². The zero-order chi connectivity index (χ0) is 24.8. The van der Waals surface area contributed by atoms with Crippen molar-refractivity contribution < 1.29 is 18.0 Å². The van der Waals surface area contributed by atoms with Gasteiger partial charge in [0, 0.05) is 42.2 Å². The summed E-state index contributed by atoms with van der Waals surface area (Å²) >= 11 is 12.6. The molecule has 2 aromatic rings. The second-order valence-electron chi connectivity index (χ2n) is 7.74. The van der Waals surface area contributed by atoms with E-state index in [-0.39, 0.29) is 37.7 Å². The molecule has 0 aliphatic carbocycles. The van der Waals surface area contributed by atoms with Crippen molar-refractivity contribution in [3.05, 3.63) is 63.6 Å². The van der Waals surface area contributed by atoms with Gasteiger partial charge in [0.2, 0.25) is 21.8 Å². The number of anilines is 1. The van der Waals surface area contributed by atoms with Crippen LogP contribution in [0.15, 0.2) is 42.5 Å². The van der Waals surface area contributed by atoms with Crippen LogP contribution in [0.25, 0.3) is 0 Å². The summed E-state index contributed by atoms with van der Waals surface area (Å²) in [5.41, 5.74) is 1.94. The lowest BCUT2D eigenvalue weighted by molar-refractivity contribution is -0.140. The molecular formula is C23H29Cl2N3O4S. The van der Waals surface area contributed by atoms with Crippen LogP contribution in [0.3, 0.4) is 0 Å². The number of para-hydroxylation sites is 1. The third-order valence-electron chi connectivity index (χ3n) is 5.34. The Kier molecular flexibility index (Phi) is 9.57. The molecule has 0 radical (unpaired) electrons. The normalized spacial score (nSPS) is 12.2. The molecule has 2 amide bonds. The van der Waals surface area contributed by atoms with Gasteiger partial charge in [0.25, 0.3) is 0 Å². The lowest BCUT2D eigenvalue weighted by Gasteiger charge is -2.29. The van der Waals surface area contributed by atoms with E-state index in [0.717, 1.165) is 11.8 Å². The summed E-state index contributed by atoms with van der Waals surface area (Å²) in [6.45, 7) is 3.64. The first kappa shape index (κ1) is 27.0. The lowest BCUT2D eigenvalue weighted by Crippen LogP contribution is -2.47. The minimum Gasteiger partial charge on any atom is -0.357 e. The number of hydrogen-bond donors (Lipinski definition) is 1. The maximum absolute atomic E-state index is 13.2. The quantitative estimate of drug-likeness (QED) is 0.519. The molecule has 0 aliphatic heterocycles. The first-order chi connectivity index (χ1) is 15.5. The molecule has 1 unspecified atom stereocenters. The third-order valence-corrected chi connectivity index (χ3v) is 7.23. The van der Waals surface area contributed by atoms with E-state index in [9.17, 15) is 18.0 Å². The fourth-order valence-electron chi connectivity index (χ4n) is 3.47. The molecule has 0 bridgehead atoms. The van der Waals surface area contributed by atoms with Crippen molar-refractivity contribution in [2.75, 3.05) is 24.2 Å². The van der Waals surface area contributed by atoms with Crippen molar-refractivity contribution in [3.8, 4) is 0 Å². The summed E-state index contributed by atoms with van der Waals surface area (Å²) in [6, 6.07) is 11.4. The highest BCUT2D eigenvalue weighted by molar-refractivity contribution is 7.92. The molecule has 0 spiro atoms. The fourth-order valence-corrected chi connectivity index (χ4v) is 5.01. The number of sulfonamides is 1. The molecule has 0 heterocycles. The summed E-state index contributed by atoms with van der Waals surface area (Å²) in [7, 11) is -2.05. The molecule has 10 heteroatoms. The van der Waals surface area contributed by atoms with Gasteiger partial charge in [-0.1, -0.05) is 47.5 Å². The van der Waals surface area contributed by atoms with E-state index in [1.807, 2.05) is 19.1 Å². The van der Waals surface area contributed by atoms with Crippen LogP contribution < -0.4 is 9.62 Å². The number of likely N-dealkylation sites (N-methyl/N-ethyl adjacent to an activating group) is 1. The van der Waals surface area contributed by atoms with Gasteiger partial charge >= 0.3 is 0 Å². The predicted molar refractivity (Wildman–Crippen MR) is 133 cm³/mol. The van der Waals surface area contributed by atoms with E-state index in [1.54, 1.807) is 37.3 Å². The Balaban J connectivity index is 2.21. The molecule has 7 nitrogen and oxygen atoms in total. The first-order valence-corrected chi connectivity index (χ1v) is 13.0. The van der Waals surface area contributed by atoms with Gasteiger partial charge in [-0.15, -0.1) is 0 Å². The average molecular weight is 514 g/mol. The molecule has 1 atom stereocenters. The van der Waals surface area contributed by atoms with Crippen molar-refractivity contribution in [2.45, 2.75) is 39.3 Å². The third kappa shape index (κ3) is 7.09. The van der Waals surface area contributed by atoms with Gasteiger partial charge in [-0.3, -0.25) is 13.9 Å². The summed E-state index contributed by atoms with van der Waals surface area (Å²) in [5.74, 6) is -0.635. The summed E-state index contributed by atoms with van der Waals surface area (Å²) in [5, 5.41) is 3.34. The predicted octanol–water partition coefficient (Wildman–Crippen LogP) is 4.01. The number of benzene rings is 2. The Morgan fingerprint density at radius 3 is 2.21 bits per heavy atom. The van der Waals surface area contributed by atoms with Crippen LogP contribution in [0.1, 0.15) is 30.9 Å². The van der Waals surface area contributed by atoms with Crippen LogP contribution in [-0.4, -0.2) is 51.0 Å². The van der Waals surface area contributed by atoms with Crippen LogP contribution in [0.5, 0.6) is 0 Å². The maximum atomic E-state index is 13.2. The van der Waals surface area contributed by atoms with Gasteiger partial charge in [0.15, 0.2) is 0 Å². The van der Waals surface area contributed by atoms with Crippen LogP contribution in [0, 0.1) is 6.92 Å². The number of hydrogen-bond acceptors (Lipinski definition) is 4. The molecule has 1 N–H and O–H groups in total. The van der Waals surface area contributed by atoms with Gasteiger partial charge in [-0.25, -0.2) is 8.42 Å². The Morgan fingerprint density at radius 1 is 1.06 bits per heavy atom. The molecule has 0 saturated heterocycles. The number of halogens is 2. The number of nitrogens with one attached hydrogen (secondary N) is 1. The molecule has 0 fully saturated rings. The highest BCUT2D eigenvalue weighted by Crippen LogP contribution is 2.27. The number of carbonyl (C=O) groups is 2. The Bertz CT molecular complexity index is 1090. The second-order valence-corrected chi connectivity index (χ2v) is 10.5. The Morgan fingerprint density at radius 2 is 1.67 bits per heavy atom. The lowest BCUT2D eigenvalue weighted by atomic mass is 10.1. The molecule has 0 aliphatic rings. The molecule has 0 saturated carbocycles. The van der Waals surface area contributed by atoms with Crippen molar-refractivity contribution in [1.82, 2.24) is 10.2 Å². The minimum atomic E-state index is -3.54. The minimum absolute atomic E-state index is 0.0430. The highest BCUT2D eigenvalue weighted by Gasteiger charge is 2.27. The van der Waals surface area contributed by atoms with Crippen LogP contribution in [0.2, 0.25) is 10.0 Å². The second kappa shape index (κ2) is 11.7. The standard InChI is InChI=1S/C23H29Cl2N3O4S/c1-16-9-5-6-12-21(16)28(33(4,31)32)14-8-13-22(29)27(17(2)23(30)26-3)15-18-19(24)10-7-11-20(18)25/h5-7,9-12,17H,8,13-15H2,1-4H3,(H,26,30). The van der Waals surface area contributed by atoms with Crippen molar-refractivity contribution in [3.63, 3.8) is 0 Å². The van der Waals surface area contributed by atoms with Crippen molar-refractivity contribution in [1.29, 1.82) is 0 Å². The van der Waals surface area contributed by atoms with E-state index >= 15 is 0 Å². The zero-order valence-electron chi connectivity index (χ0n) is 19.1. The Hall–Kier alpha value is -2.29. The number of aryl methyl sites for hydroxylation is 1. The molecular weight excluding hydrogens is 485 g/mol. The van der Waals surface area contributed by atoms with Crippen molar-refractivity contribution >= 4 is 50.7 Å². The van der Waals surface area contributed by atoms with E-state index < -0.39 is 16.1 Å². The Labute approximate surface area is 205 Å². The summed E-state index contributed by atoms with van der Waals surface area (Å²) in [4.78, 5) is 26.9. The average Bonchev–Trinajstić information content (AvgIpc) is 2.75. The molecule has 2 aromatic carbocycles. The van der Waals surface area contributed by atoms with Crippen LogP contribution in [0.4, 0.5) is 5.69 Å². The molecule has 180 valence electrons. The molecule has 2 rings (SSSR count). The number of rotatable bonds is 10. The number of nitrogens with zero attached hydrogens (tertiary/aromatic N) is 2. The van der Waals surface area contributed by atoms with Gasteiger partial charge in [0.1, 0.15) is 6.04 Å². The largest absolute Gasteiger partial charge is 0.357 e. The maximum Gasteiger partial charge on any atom is 0.242 e. The van der Waals surface area contributed by atoms with Crippen molar-refractivity contribution in [2.24, 2.45) is 0 Å². The number of amides is 2. The van der Waals surface area contributed by atoms with Gasteiger partial charge in [0.05, 0.1) is 11.9 Å². The highest BCUT2D eigenvalue weighted by atomic mass is 35.5. The zero-order valence-corrected chi connectivity index (χ0v) is 21.5. The summed E-state index contributed by atoms with van der Waals surface area (Å²) in [6.07, 6.45) is 1.45. The van der Waals surface area contributed by atoms with Gasteiger partial charge in [-0.2, -0.15) is 0 Å². The van der Waals surface area contributed by atoms with Crippen LogP contribution in [-0.2, 0) is 26.2 Å².